The van der Waals surface area contributed by atoms with E-state index in [9.17, 15) is 14.7 Å². The van der Waals surface area contributed by atoms with Crippen LogP contribution in [-0.2, 0) is 25.3 Å². The van der Waals surface area contributed by atoms with Crippen molar-refractivity contribution >= 4 is 5.91 Å². The number of aromatic nitrogens is 3. The number of amides is 1. The minimum atomic E-state index is -0.494. The number of carbonyl (C=O) groups excluding carboxylic acids is 1. The first-order chi connectivity index (χ1) is 12.5. The van der Waals surface area contributed by atoms with Gasteiger partial charge in [-0.3, -0.25) is 9.36 Å². The van der Waals surface area contributed by atoms with Crippen LogP contribution in [0.25, 0.3) is 0 Å². The molecule has 1 aromatic heterocycles. The molecule has 1 saturated carbocycles. The van der Waals surface area contributed by atoms with Gasteiger partial charge in [-0.15, -0.1) is 0 Å². The van der Waals surface area contributed by atoms with Gasteiger partial charge in [0.25, 0.3) is 0 Å². The molecule has 1 fully saturated rings. The molecule has 1 amide bonds. The van der Waals surface area contributed by atoms with Gasteiger partial charge in [0.1, 0.15) is 5.82 Å². The summed E-state index contributed by atoms with van der Waals surface area (Å²) < 4.78 is 2.86. The normalized spacial score (nSPS) is 22.5. The summed E-state index contributed by atoms with van der Waals surface area (Å²) in [4.78, 5) is 23.9. The van der Waals surface area contributed by atoms with E-state index in [1.165, 1.54) is 9.25 Å². The fraction of sp³-hybridized carbons (Fsp3) is 0.526. The molecule has 2 N–H and O–H groups in total. The van der Waals surface area contributed by atoms with Crippen LogP contribution >= 0.6 is 0 Å². The van der Waals surface area contributed by atoms with E-state index >= 15 is 0 Å². The number of aliphatic hydroxyl groups excluding tert-OH is 1. The first-order valence-corrected chi connectivity index (χ1v) is 9.04. The highest BCUT2D eigenvalue weighted by molar-refractivity contribution is 5.76. The van der Waals surface area contributed by atoms with Gasteiger partial charge in [-0.1, -0.05) is 30.3 Å². The summed E-state index contributed by atoms with van der Waals surface area (Å²) in [5, 5.41) is 17.6. The maximum atomic E-state index is 12.1. The molecule has 3 atom stereocenters. The zero-order chi connectivity index (χ0) is 18.7. The SMILES string of the molecule is Cn1nc([C@H]2C[C@H](CNC(=O)CCc3ccccc3)[C@H](O)C2)n(C)c1=O. The molecule has 0 radical (unpaired) electrons. The van der Waals surface area contributed by atoms with E-state index in [0.29, 0.717) is 38.1 Å². The van der Waals surface area contributed by atoms with E-state index in [4.69, 9.17) is 0 Å². The first-order valence-electron chi connectivity index (χ1n) is 9.04. The van der Waals surface area contributed by atoms with Gasteiger partial charge >= 0.3 is 5.69 Å². The number of hydrogen-bond donors (Lipinski definition) is 2. The highest BCUT2D eigenvalue weighted by Crippen LogP contribution is 2.37. The van der Waals surface area contributed by atoms with Gasteiger partial charge in [-0.05, 0) is 24.8 Å². The van der Waals surface area contributed by atoms with E-state index in [1.54, 1.807) is 14.1 Å². The fourth-order valence-corrected chi connectivity index (χ4v) is 3.70. The van der Waals surface area contributed by atoms with Gasteiger partial charge in [-0.25, -0.2) is 9.48 Å². The smallest absolute Gasteiger partial charge is 0.345 e. The van der Waals surface area contributed by atoms with Crippen molar-refractivity contribution in [2.75, 3.05) is 6.54 Å². The number of aryl methyl sites for hydroxylation is 2. The van der Waals surface area contributed by atoms with Crippen LogP contribution in [0.1, 0.15) is 36.6 Å². The Kier molecular flexibility index (Phi) is 5.56. The highest BCUT2D eigenvalue weighted by Gasteiger charge is 2.36. The van der Waals surface area contributed by atoms with Crippen molar-refractivity contribution in [2.24, 2.45) is 20.0 Å². The molecular formula is C19H26N4O3. The summed E-state index contributed by atoms with van der Waals surface area (Å²) in [6, 6.07) is 9.91. The number of hydrogen-bond acceptors (Lipinski definition) is 4. The van der Waals surface area contributed by atoms with Gasteiger partial charge in [-0.2, -0.15) is 5.10 Å². The van der Waals surface area contributed by atoms with Gasteiger partial charge in [0.15, 0.2) is 0 Å². The summed E-state index contributed by atoms with van der Waals surface area (Å²) >= 11 is 0. The number of aliphatic hydroxyl groups is 1. The molecule has 0 spiro atoms. The number of benzene rings is 1. The average Bonchev–Trinajstić information content (AvgIpc) is 3.13. The zero-order valence-corrected chi connectivity index (χ0v) is 15.3. The molecule has 1 aliphatic carbocycles. The second-order valence-corrected chi connectivity index (χ2v) is 7.11. The van der Waals surface area contributed by atoms with Crippen molar-refractivity contribution in [1.82, 2.24) is 19.7 Å². The molecule has 1 heterocycles. The Morgan fingerprint density at radius 3 is 2.65 bits per heavy atom. The van der Waals surface area contributed by atoms with Crippen LogP contribution in [0, 0.1) is 5.92 Å². The van der Waals surface area contributed by atoms with E-state index in [2.05, 4.69) is 10.4 Å². The predicted octanol–water partition coefficient (Wildman–Crippen LogP) is 0.722. The van der Waals surface area contributed by atoms with Crippen LogP contribution in [0.4, 0.5) is 0 Å². The van der Waals surface area contributed by atoms with Crippen LogP contribution in [0.15, 0.2) is 35.1 Å². The topological polar surface area (TPSA) is 89.2 Å². The van der Waals surface area contributed by atoms with E-state index < -0.39 is 6.10 Å². The number of carbonyl (C=O) groups is 1. The van der Waals surface area contributed by atoms with Gasteiger partial charge in [0.2, 0.25) is 5.91 Å². The van der Waals surface area contributed by atoms with E-state index in [1.807, 2.05) is 30.3 Å². The van der Waals surface area contributed by atoms with Crippen molar-refractivity contribution < 1.29 is 9.90 Å². The molecule has 0 aliphatic heterocycles. The molecule has 26 heavy (non-hydrogen) atoms. The molecule has 140 valence electrons. The number of nitrogens with zero attached hydrogens (tertiary/aromatic N) is 3. The Balaban J connectivity index is 1.50. The molecular weight excluding hydrogens is 332 g/mol. The van der Waals surface area contributed by atoms with Crippen molar-refractivity contribution in [3.8, 4) is 0 Å². The summed E-state index contributed by atoms with van der Waals surface area (Å²) in [5.74, 6) is 0.720. The summed E-state index contributed by atoms with van der Waals surface area (Å²) in [6.07, 6.45) is 1.93. The van der Waals surface area contributed by atoms with Crippen LogP contribution < -0.4 is 11.0 Å². The van der Waals surface area contributed by atoms with Gasteiger partial charge in [0.05, 0.1) is 6.10 Å². The second kappa shape index (κ2) is 7.86. The lowest BCUT2D eigenvalue weighted by Gasteiger charge is -2.15. The van der Waals surface area contributed by atoms with E-state index in [-0.39, 0.29) is 23.4 Å². The lowest BCUT2D eigenvalue weighted by Crippen LogP contribution is -2.32. The van der Waals surface area contributed by atoms with Crippen LogP contribution in [0.2, 0.25) is 0 Å². The fourth-order valence-electron chi connectivity index (χ4n) is 3.70. The van der Waals surface area contributed by atoms with Crippen LogP contribution in [0.3, 0.4) is 0 Å². The zero-order valence-electron chi connectivity index (χ0n) is 15.3. The summed E-state index contributed by atoms with van der Waals surface area (Å²) in [7, 11) is 3.33. The Bertz CT molecular complexity index is 812. The monoisotopic (exact) mass is 358 g/mol. The average molecular weight is 358 g/mol. The molecule has 0 unspecified atom stereocenters. The number of rotatable bonds is 6. The van der Waals surface area contributed by atoms with Crippen LogP contribution in [-0.4, -0.2) is 38.0 Å². The maximum Gasteiger partial charge on any atom is 0.345 e. The van der Waals surface area contributed by atoms with Gasteiger partial charge < -0.3 is 10.4 Å². The third kappa shape index (κ3) is 4.04. The quantitative estimate of drug-likeness (QED) is 0.796. The summed E-state index contributed by atoms with van der Waals surface area (Å²) in [5.41, 5.74) is 0.979. The minimum absolute atomic E-state index is 0.00487. The Hall–Kier alpha value is -2.41. The molecule has 0 saturated heterocycles. The third-order valence-corrected chi connectivity index (χ3v) is 5.23. The molecule has 1 aromatic carbocycles. The minimum Gasteiger partial charge on any atom is -0.393 e. The third-order valence-electron chi connectivity index (χ3n) is 5.23. The van der Waals surface area contributed by atoms with Crippen molar-refractivity contribution in [3.05, 3.63) is 52.2 Å². The largest absolute Gasteiger partial charge is 0.393 e. The van der Waals surface area contributed by atoms with E-state index in [0.717, 1.165) is 5.56 Å². The Morgan fingerprint density at radius 1 is 1.27 bits per heavy atom. The molecule has 3 rings (SSSR count). The maximum absolute atomic E-state index is 12.1. The highest BCUT2D eigenvalue weighted by atomic mass is 16.3. The summed E-state index contributed by atoms with van der Waals surface area (Å²) in [6.45, 7) is 0.450. The Labute approximate surface area is 152 Å². The Morgan fingerprint density at radius 2 is 2.00 bits per heavy atom. The van der Waals surface area contributed by atoms with Crippen molar-refractivity contribution in [3.63, 3.8) is 0 Å². The molecule has 7 nitrogen and oxygen atoms in total. The first kappa shape index (κ1) is 18.4. The molecule has 1 aliphatic rings. The van der Waals surface area contributed by atoms with Crippen LogP contribution in [0.5, 0.6) is 0 Å². The van der Waals surface area contributed by atoms with Crippen molar-refractivity contribution in [1.29, 1.82) is 0 Å². The molecule has 2 aromatic rings. The predicted molar refractivity (Wildman–Crippen MR) is 97.7 cm³/mol. The second-order valence-electron chi connectivity index (χ2n) is 7.11. The molecule has 7 heteroatoms. The lowest BCUT2D eigenvalue weighted by atomic mass is 10.0. The van der Waals surface area contributed by atoms with Crippen molar-refractivity contribution in [2.45, 2.75) is 37.7 Å². The number of nitrogens with one attached hydrogen (secondary N) is 1. The standard InChI is InChI=1S/C19H26N4O3/c1-22-18(21-23(2)19(22)26)14-10-15(16(24)11-14)12-20-17(25)9-8-13-6-4-3-5-7-13/h3-7,14-16,24H,8-12H2,1-2H3,(H,20,25)/t14-,15+,16+/m0/s1. The lowest BCUT2D eigenvalue weighted by molar-refractivity contribution is -0.121. The van der Waals surface area contributed by atoms with Gasteiger partial charge in [0, 0.05) is 38.9 Å². The molecule has 0 bridgehead atoms.